The van der Waals surface area contributed by atoms with Gasteiger partial charge in [-0.1, -0.05) is 0 Å². The maximum atomic E-state index is 12.7. The Balaban J connectivity index is 2.41. The van der Waals surface area contributed by atoms with Crippen molar-refractivity contribution >= 4 is 17.7 Å². The van der Waals surface area contributed by atoms with Crippen molar-refractivity contribution in [3.05, 3.63) is 30.1 Å². The summed E-state index contributed by atoms with van der Waals surface area (Å²) in [5, 5.41) is 8.75. The molecule has 1 aromatic carbocycles. The Labute approximate surface area is 111 Å². The molecule has 0 spiro atoms. The van der Waals surface area contributed by atoms with Gasteiger partial charge in [0.05, 0.1) is 5.75 Å². The molecule has 1 rings (SSSR count). The molecule has 0 unspecified atom stereocenters. The lowest BCUT2D eigenvalue weighted by atomic mass is 10.3. The van der Waals surface area contributed by atoms with E-state index in [0.717, 1.165) is 4.90 Å². The van der Waals surface area contributed by atoms with Gasteiger partial charge in [-0.2, -0.15) is 0 Å². The summed E-state index contributed by atoms with van der Waals surface area (Å²) in [6, 6.07) is 6.10. The molecule has 5 heteroatoms. The topological polar surface area (TPSA) is 40.5 Å². The Bertz CT molecular complexity index is 370. The Morgan fingerprint density at radius 3 is 2.61 bits per heavy atom. The van der Waals surface area contributed by atoms with Crippen LogP contribution in [0.1, 0.15) is 13.3 Å². The van der Waals surface area contributed by atoms with Crippen molar-refractivity contribution in [2.24, 2.45) is 0 Å². The number of carbonyl (C=O) groups excluding carboxylic acids is 1. The number of thioether (sulfide) groups is 1. The number of hydrogen-bond donors (Lipinski definition) is 1. The zero-order valence-corrected chi connectivity index (χ0v) is 11.3. The van der Waals surface area contributed by atoms with E-state index in [1.807, 2.05) is 6.92 Å². The van der Waals surface area contributed by atoms with E-state index in [0.29, 0.717) is 25.3 Å². The van der Waals surface area contributed by atoms with Crippen LogP contribution in [0.15, 0.2) is 29.2 Å². The van der Waals surface area contributed by atoms with Crippen LogP contribution in [0.2, 0.25) is 0 Å². The summed E-state index contributed by atoms with van der Waals surface area (Å²) < 4.78 is 12.7. The van der Waals surface area contributed by atoms with Gasteiger partial charge in [0, 0.05) is 24.6 Å². The molecule has 3 nitrogen and oxygen atoms in total. The molecule has 0 aromatic heterocycles. The van der Waals surface area contributed by atoms with E-state index in [-0.39, 0.29) is 18.3 Å². The highest BCUT2D eigenvalue weighted by Crippen LogP contribution is 2.18. The largest absolute Gasteiger partial charge is 0.396 e. The molecule has 0 aliphatic rings. The number of benzene rings is 1. The van der Waals surface area contributed by atoms with Gasteiger partial charge in [0.2, 0.25) is 5.91 Å². The maximum absolute atomic E-state index is 12.7. The van der Waals surface area contributed by atoms with Gasteiger partial charge in [0.25, 0.3) is 0 Å². The molecule has 18 heavy (non-hydrogen) atoms. The highest BCUT2D eigenvalue weighted by Gasteiger charge is 2.11. The van der Waals surface area contributed by atoms with E-state index >= 15 is 0 Å². The van der Waals surface area contributed by atoms with Crippen molar-refractivity contribution in [3.63, 3.8) is 0 Å². The molecule has 0 saturated heterocycles. The average Bonchev–Trinajstić information content (AvgIpc) is 2.39. The third-order valence-corrected chi connectivity index (χ3v) is 3.49. The van der Waals surface area contributed by atoms with Crippen molar-refractivity contribution in [2.75, 3.05) is 25.4 Å². The van der Waals surface area contributed by atoms with Crippen LogP contribution in [0, 0.1) is 5.82 Å². The SMILES string of the molecule is CCN(CCCO)C(=O)CSc1ccc(F)cc1. The summed E-state index contributed by atoms with van der Waals surface area (Å²) in [6.45, 7) is 3.23. The van der Waals surface area contributed by atoms with Gasteiger partial charge in [-0.05, 0) is 37.6 Å². The maximum Gasteiger partial charge on any atom is 0.232 e. The average molecular weight is 271 g/mol. The normalized spacial score (nSPS) is 10.4. The minimum atomic E-state index is -0.274. The second-order valence-corrected chi connectivity index (χ2v) is 4.84. The van der Waals surface area contributed by atoms with E-state index in [4.69, 9.17) is 5.11 Å². The van der Waals surface area contributed by atoms with E-state index in [1.165, 1.54) is 23.9 Å². The number of nitrogens with zero attached hydrogens (tertiary/aromatic N) is 1. The van der Waals surface area contributed by atoms with Crippen molar-refractivity contribution < 1.29 is 14.3 Å². The fraction of sp³-hybridized carbons (Fsp3) is 0.462. The van der Waals surface area contributed by atoms with Crippen LogP contribution in [0.25, 0.3) is 0 Å². The van der Waals surface area contributed by atoms with Crippen LogP contribution in [0.3, 0.4) is 0 Å². The van der Waals surface area contributed by atoms with Crippen LogP contribution in [0.4, 0.5) is 4.39 Å². The highest BCUT2D eigenvalue weighted by atomic mass is 32.2. The summed E-state index contributed by atoms with van der Waals surface area (Å²) in [7, 11) is 0. The molecule has 0 aliphatic heterocycles. The first kappa shape index (κ1) is 15.0. The highest BCUT2D eigenvalue weighted by molar-refractivity contribution is 8.00. The molecule has 0 aliphatic carbocycles. The van der Waals surface area contributed by atoms with Gasteiger partial charge in [-0.15, -0.1) is 11.8 Å². The number of amides is 1. The molecule has 1 N–H and O–H groups in total. The van der Waals surface area contributed by atoms with Gasteiger partial charge >= 0.3 is 0 Å². The second-order valence-electron chi connectivity index (χ2n) is 3.79. The van der Waals surface area contributed by atoms with Crippen LogP contribution in [0.5, 0.6) is 0 Å². The van der Waals surface area contributed by atoms with Gasteiger partial charge < -0.3 is 10.0 Å². The molecule has 0 radical (unpaired) electrons. The van der Waals surface area contributed by atoms with Crippen LogP contribution >= 0.6 is 11.8 Å². The molecule has 100 valence electrons. The van der Waals surface area contributed by atoms with Gasteiger partial charge in [0.1, 0.15) is 5.82 Å². The van der Waals surface area contributed by atoms with Crippen LogP contribution in [-0.2, 0) is 4.79 Å². The number of hydrogen-bond acceptors (Lipinski definition) is 3. The summed E-state index contributed by atoms with van der Waals surface area (Å²) in [5.74, 6) is 0.106. The third kappa shape index (κ3) is 5.06. The number of aliphatic hydroxyl groups is 1. The van der Waals surface area contributed by atoms with Crippen LogP contribution < -0.4 is 0 Å². The predicted molar refractivity (Wildman–Crippen MR) is 71.1 cm³/mol. The molecule has 1 amide bonds. The van der Waals surface area contributed by atoms with E-state index in [9.17, 15) is 9.18 Å². The van der Waals surface area contributed by atoms with Gasteiger partial charge in [-0.25, -0.2) is 4.39 Å². The van der Waals surface area contributed by atoms with E-state index in [1.54, 1.807) is 17.0 Å². The fourth-order valence-corrected chi connectivity index (χ4v) is 2.29. The zero-order valence-electron chi connectivity index (χ0n) is 10.4. The van der Waals surface area contributed by atoms with Crippen molar-refractivity contribution in [1.82, 2.24) is 4.90 Å². The predicted octanol–water partition coefficient (Wildman–Crippen LogP) is 2.15. The fourth-order valence-electron chi connectivity index (χ4n) is 1.49. The Morgan fingerprint density at radius 2 is 2.06 bits per heavy atom. The zero-order chi connectivity index (χ0) is 13.4. The quantitative estimate of drug-likeness (QED) is 0.773. The van der Waals surface area contributed by atoms with Crippen molar-refractivity contribution in [1.29, 1.82) is 0 Å². The Kier molecular flexibility index (Phi) is 6.75. The lowest BCUT2D eigenvalue weighted by Gasteiger charge is -2.20. The van der Waals surface area contributed by atoms with Crippen molar-refractivity contribution in [2.45, 2.75) is 18.2 Å². The minimum absolute atomic E-state index is 0.0419. The first-order valence-electron chi connectivity index (χ1n) is 5.94. The number of rotatable bonds is 7. The van der Waals surface area contributed by atoms with Crippen LogP contribution in [-0.4, -0.2) is 41.4 Å². The molecular formula is C13H18FNO2S. The number of aliphatic hydroxyl groups excluding tert-OH is 1. The molecular weight excluding hydrogens is 253 g/mol. The van der Waals surface area contributed by atoms with E-state index < -0.39 is 0 Å². The number of halogens is 1. The van der Waals surface area contributed by atoms with E-state index in [2.05, 4.69) is 0 Å². The summed E-state index contributed by atoms with van der Waals surface area (Å²) >= 11 is 1.39. The lowest BCUT2D eigenvalue weighted by Crippen LogP contribution is -2.33. The molecule has 0 saturated carbocycles. The lowest BCUT2D eigenvalue weighted by molar-refractivity contribution is -0.128. The monoisotopic (exact) mass is 271 g/mol. The molecule has 0 heterocycles. The van der Waals surface area contributed by atoms with Crippen molar-refractivity contribution in [3.8, 4) is 0 Å². The van der Waals surface area contributed by atoms with Gasteiger partial charge in [-0.3, -0.25) is 4.79 Å². The Morgan fingerprint density at radius 1 is 1.39 bits per heavy atom. The molecule has 0 fully saturated rings. The Hall–Kier alpha value is -1.07. The van der Waals surface area contributed by atoms with Gasteiger partial charge in [0.15, 0.2) is 0 Å². The number of carbonyl (C=O) groups is 1. The first-order chi connectivity index (χ1) is 8.67. The molecule has 0 atom stereocenters. The summed E-state index contributed by atoms with van der Waals surface area (Å²) in [6.07, 6.45) is 0.598. The molecule has 1 aromatic rings. The summed E-state index contributed by atoms with van der Waals surface area (Å²) in [4.78, 5) is 14.5. The summed E-state index contributed by atoms with van der Waals surface area (Å²) in [5.41, 5.74) is 0. The standard InChI is InChI=1S/C13H18FNO2S/c1-2-15(8-3-9-16)13(17)10-18-12-6-4-11(14)5-7-12/h4-7,16H,2-3,8-10H2,1H3. The molecule has 0 bridgehead atoms. The second kappa shape index (κ2) is 8.11. The third-order valence-electron chi connectivity index (χ3n) is 2.50. The smallest absolute Gasteiger partial charge is 0.232 e. The minimum Gasteiger partial charge on any atom is -0.396 e. The first-order valence-corrected chi connectivity index (χ1v) is 6.93.